The van der Waals surface area contributed by atoms with E-state index in [1.807, 2.05) is 30.4 Å². The van der Waals surface area contributed by atoms with Gasteiger partial charge in [0.15, 0.2) is 5.60 Å². The quantitative estimate of drug-likeness (QED) is 0.353. The standard InChI is InChI=1S/C36H45ClN2O6/c1-4-28-33(41)38(2)17-6-5-9-31(40)27-13-10-24(27)20-39-21-35(16-7-8-23-18-26(37)12-14-29(23)35)22-45-32-15-11-25(19-30(32)39)36(28,43)34(42)44-3/h5,9,11-12,14-15,18-19,24,27-28,31,40,43H,4,6-8,10,13,16-17,20-22H2,1-3H3/b9-5-/t24-,27+,28-,31-,35-,36+/m0/s1. The van der Waals surface area contributed by atoms with Crippen molar-refractivity contribution < 1.29 is 29.3 Å². The van der Waals surface area contributed by atoms with Crippen LogP contribution in [0.25, 0.3) is 0 Å². The number of benzene rings is 2. The summed E-state index contributed by atoms with van der Waals surface area (Å²) < 4.78 is 11.8. The Morgan fingerprint density at radius 3 is 2.76 bits per heavy atom. The summed E-state index contributed by atoms with van der Waals surface area (Å²) in [5.41, 5.74) is 1.08. The van der Waals surface area contributed by atoms with Crippen molar-refractivity contribution in [3.8, 4) is 5.75 Å². The molecule has 2 heterocycles. The van der Waals surface area contributed by atoms with E-state index in [0.717, 1.165) is 42.8 Å². The molecule has 0 radical (unpaired) electrons. The number of hydrogen-bond acceptors (Lipinski definition) is 7. The van der Waals surface area contributed by atoms with Gasteiger partial charge in [-0.05, 0) is 97.7 Å². The fourth-order valence-electron chi connectivity index (χ4n) is 8.19. The highest BCUT2D eigenvalue weighted by Crippen LogP contribution is 2.48. The second kappa shape index (κ2) is 12.6. The first-order valence-corrected chi connectivity index (χ1v) is 16.7. The molecule has 0 unspecified atom stereocenters. The van der Waals surface area contributed by atoms with Gasteiger partial charge in [0, 0.05) is 37.1 Å². The largest absolute Gasteiger partial charge is 0.490 e. The van der Waals surface area contributed by atoms with Gasteiger partial charge in [0.25, 0.3) is 0 Å². The molecule has 6 rings (SSSR count). The Hall–Kier alpha value is -3.07. The fourth-order valence-corrected chi connectivity index (χ4v) is 8.39. The first kappa shape index (κ1) is 31.9. The summed E-state index contributed by atoms with van der Waals surface area (Å²) in [6.45, 7) is 4.03. The molecule has 9 heteroatoms. The summed E-state index contributed by atoms with van der Waals surface area (Å²) in [5, 5.41) is 24.2. The second-order valence-electron chi connectivity index (χ2n) is 13.5. The van der Waals surface area contributed by atoms with E-state index in [1.54, 1.807) is 24.9 Å². The summed E-state index contributed by atoms with van der Waals surface area (Å²) in [4.78, 5) is 31.2. The van der Waals surface area contributed by atoms with Crippen LogP contribution in [-0.4, -0.2) is 73.5 Å². The predicted octanol–water partition coefficient (Wildman–Crippen LogP) is 5.01. The molecule has 2 aliphatic carbocycles. The average Bonchev–Trinajstić information content (AvgIpc) is 3.17. The van der Waals surface area contributed by atoms with Crippen LogP contribution in [0.3, 0.4) is 0 Å². The number of nitrogens with zero attached hydrogens (tertiary/aromatic N) is 2. The lowest BCUT2D eigenvalue weighted by molar-refractivity contribution is -0.176. The third kappa shape index (κ3) is 5.63. The topological polar surface area (TPSA) is 99.5 Å². The van der Waals surface area contributed by atoms with E-state index < -0.39 is 23.6 Å². The number of ether oxygens (including phenoxy) is 2. The number of aliphatic hydroxyl groups excluding tert-OH is 1. The summed E-state index contributed by atoms with van der Waals surface area (Å²) in [7, 11) is 2.92. The zero-order chi connectivity index (χ0) is 31.9. The lowest BCUT2D eigenvalue weighted by atomic mass is 9.68. The van der Waals surface area contributed by atoms with Gasteiger partial charge in [0.2, 0.25) is 5.91 Å². The lowest BCUT2D eigenvalue weighted by Crippen LogP contribution is -2.51. The van der Waals surface area contributed by atoms with Crippen LogP contribution in [0.2, 0.25) is 5.02 Å². The summed E-state index contributed by atoms with van der Waals surface area (Å²) in [6, 6.07) is 11.5. The lowest BCUT2D eigenvalue weighted by Gasteiger charge is -2.45. The molecule has 2 N–H and O–H groups in total. The smallest absolute Gasteiger partial charge is 0.343 e. The number of carbonyl (C=O) groups is 2. The van der Waals surface area contributed by atoms with Gasteiger partial charge in [-0.15, -0.1) is 0 Å². The third-order valence-corrected chi connectivity index (χ3v) is 11.1. The Labute approximate surface area is 270 Å². The highest BCUT2D eigenvalue weighted by Gasteiger charge is 2.51. The fraction of sp³-hybridized carbons (Fsp3) is 0.556. The van der Waals surface area contributed by atoms with E-state index in [-0.39, 0.29) is 29.6 Å². The van der Waals surface area contributed by atoms with Gasteiger partial charge >= 0.3 is 5.97 Å². The van der Waals surface area contributed by atoms with Crippen LogP contribution in [0.15, 0.2) is 48.6 Å². The van der Waals surface area contributed by atoms with E-state index in [9.17, 15) is 19.8 Å². The van der Waals surface area contributed by atoms with E-state index in [4.69, 9.17) is 21.1 Å². The van der Waals surface area contributed by atoms with Crippen LogP contribution >= 0.6 is 11.6 Å². The molecule has 1 fully saturated rings. The Morgan fingerprint density at radius 2 is 2.02 bits per heavy atom. The number of aryl methyl sites for hydroxylation is 1. The maximum atomic E-state index is 13.8. The first-order valence-electron chi connectivity index (χ1n) is 16.3. The van der Waals surface area contributed by atoms with Gasteiger partial charge < -0.3 is 29.5 Å². The molecule has 2 aromatic rings. The van der Waals surface area contributed by atoms with Gasteiger partial charge in [-0.3, -0.25) is 4.79 Å². The van der Waals surface area contributed by atoms with E-state index >= 15 is 0 Å². The summed E-state index contributed by atoms with van der Waals surface area (Å²) in [5.74, 6) is -1.23. The minimum atomic E-state index is -2.20. The SMILES string of the molecule is CC[C@H]1C(=O)N(C)CC/C=C\[C@H](O)[C@@H]2CC[C@H]2CN2C[C@@]3(CCCc4cc(Cl)ccc43)COc3ccc(cc32)[C@]1(O)C(=O)OC. The molecule has 4 aliphatic rings. The van der Waals surface area contributed by atoms with Crippen LogP contribution < -0.4 is 9.64 Å². The number of hydrogen-bond donors (Lipinski definition) is 2. The monoisotopic (exact) mass is 636 g/mol. The number of rotatable bonds is 2. The Morgan fingerprint density at radius 1 is 1.20 bits per heavy atom. The molecule has 0 aromatic heterocycles. The molecule has 1 amide bonds. The molecule has 242 valence electrons. The number of aliphatic hydroxyl groups is 2. The predicted molar refractivity (Wildman–Crippen MR) is 174 cm³/mol. The maximum Gasteiger partial charge on any atom is 0.343 e. The zero-order valence-electron chi connectivity index (χ0n) is 26.5. The van der Waals surface area contributed by atoms with Crippen LogP contribution in [-0.2, 0) is 31.8 Å². The van der Waals surface area contributed by atoms with Gasteiger partial charge in [-0.1, -0.05) is 42.8 Å². The molecular formula is C36H45ClN2O6. The molecular weight excluding hydrogens is 592 g/mol. The summed E-state index contributed by atoms with van der Waals surface area (Å²) >= 11 is 6.43. The van der Waals surface area contributed by atoms with Crippen LogP contribution in [0, 0.1) is 17.8 Å². The van der Waals surface area contributed by atoms with Crippen LogP contribution in [0.1, 0.15) is 62.1 Å². The van der Waals surface area contributed by atoms with Crippen molar-refractivity contribution >= 4 is 29.2 Å². The second-order valence-corrected chi connectivity index (χ2v) is 13.9. The number of carbonyl (C=O) groups excluding carboxylic acids is 2. The Balaban J connectivity index is 1.50. The van der Waals surface area contributed by atoms with Gasteiger partial charge in [0.1, 0.15) is 5.75 Å². The van der Waals surface area contributed by atoms with Gasteiger partial charge in [-0.2, -0.15) is 0 Å². The van der Waals surface area contributed by atoms with Crippen LogP contribution in [0.5, 0.6) is 5.75 Å². The number of esters is 1. The highest BCUT2D eigenvalue weighted by atomic mass is 35.5. The Kier molecular flexibility index (Phi) is 8.94. The minimum absolute atomic E-state index is 0.120. The van der Waals surface area contributed by atoms with Crippen molar-refractivity contribution in [2.45, 2.75) is 69.0 Å². The van der Waals surface area contributed by atoms with Crippen molar-refractivity contribution in [1.29, 1.82) is 0 Å². The summed E-state index contributed by atoms with van der Waals surface area (Å²) in [6.07, 6.45) is 8.88. The number of methoxy groups -OCH3 is 1. The van der Waals surface area contributed by atoms with Crippen molar-refractivity contribution in [1.82, 2.24) is 4.90 Å². The van der Waals surface area contributed by atoms with Gasteiger partial charge in [0.05, 0.1) is 31.4 Å². The molecule has 1 saturated carbocycles. The third-order valence-electron chi connectivity index (χ3n) is 10.9. The number of anilines is 1. The molecule has 45 heavy (non-hydrogen) atoms. The van der Waals surface area contributed by atoms with E-state index in [2.05, 4.69) is 17.0 Å². The normalized spacial score (nSPS) is 32.4. The maximum absolute atomic E-state index is 13.8. The highest BCUT2D eigenvalue weighted by molar-refractivity contribution is 6.30. The van der Waals surface area contributed by atoms with Crippen molar-refractivity contribution in [3.63, 3.8) is 0 Å². The molecule has 1 spiro atoms. The van der Waals surface area contributed by atoms with E-state index in [1.165, 1.54) is 18.2 Å². The number of fused-ring (bicyclic) bond motifs is 4. The zero-order valence-corrected chi connectivity index (χ0v) is 27.3. The number of halogens is 1. The van der Waals surface area contributed by atoms with Crippen molar-refractivity contribution in [3.05, 3.63) is 70.3 Å². The molecule has 2 aliphatic heterocycles. The van der Waals surface area contributed by atoms with Crippen molar-refractivity contribution in [2.75, 3.05) is 45.3 Å². The number of amides is 1. The molecule has 6 atom stereocenters. The molecule has 2 aromatic carbocycles. The van der Waals surface area contributed by atoms with Crippen LogP contribution in [0.4, 0.5) is 5.69 Å². The molecule has 8 nitrogen and oxygen atoms in total. The average molecular weight is 637 g/mol. The van der Waals surface area contributed by atoms with Gasteiger partial charge in [-0.25, -0.2) is 4.79 Å². The molecule has 0 saturated heterocycles. The molecule has 2 bridgehead atoms. The van der Waals surface area contributed by atoms with Crippen molar-refractivity contribution in [2.24, 2.45) is 17.8 Å². The Bertz CT molecular complexity index is 1480. The minimum Gasteiger partial charge on any atom is -0.490 e. The first-order chi connectivity index (χ1) is 21.6. The van der Waals surface area contributed by atoms with E-state index in [0.29, 0.717) is 44.0 Å².